The van der Waals surface area contributed by atoms with Crippen molar-refractivity contribution in [3.05, 3.63) is 36.0 Å². The lowest BCUT2D eigenvalue weighted by atomic mass is 10.3. The third-order valence-corrected chi connectivity index (χ3v) is 5.37. The minimum absolute atomic E-state index is 0.0364. The first-order chi connectivity index (χ1) is 13.9. The van der Waals surface area contributed by atoms with Crippen molar-refractivity contribution in [1.29, 1.82) is 5.26 Å². The van der Waals surface area contributed by atoms with Crippen molar-refractivity contribution in [2.45, 2.75) is 30.8 Å². The first-order valence-corrected chi connectivity index (χ1v) is 10.6. The number of anilines is 3. The van der Waals surface area contributed by atoms with Gasteiger partial charge in [0.15, 0.2) is 0 Å². The minimum Gasteiger partial charge on any atom is -0.390 e. The number of nitriles is 1. The highest BCUT2D eigenvalue weighted by Crippen LogP contribution is 2.19. The Labute approximate surface area is 170 Å². The Kier molecular flexibility index (Phi) is 8.29. The zero-order valence-electron chi connectivity index (χ0n) is 16.1. The maximum Gasteiger partial charge on any atom is 0.240 e. The second-order valence-electron chi connectivity index (χ2n) is 6.24. The number of nitrogens with two attached hydrogens (primary N) is 1. The fraction of sp³-hybridized carbons (Fsp3) is 0.389. The van der Waals surface area contributed by atoms with E-state index in [-0.39, 0.29) is 23.9 Å². The highest BCUT2D eigenvalue weighted by molar-refractivity contribution is 7.89. The summed E-state index contributed by atoms with van der Waals surface area (Å²) in [5.41, 5.74) is 6.19. The van der Waals surface area contributed by atoms with Crippen LogP contribution in [0.3, 0.4) is 0 Å². The van der Waals surface area contributed by atoms with Gasteiger partial charge >= 0.3 is 0 Å². The van der Waals surface area contributed by atoms with Crippen molar-refractivity contribution in [3.63, 3.8) is 0 Å². The van der Waals surface area contributed by atoms with Gasteiger partial charge in [0, 0.05) is 25.3 Å². The lowest BCUT2D eigenvalue weighted by Crippen LogP contribution is -2.36. The zero-order chi connectivity index (χ0) is 21.3. The highest BCUT2D eigenvalue weighted by atomic mass is 32.2. The fourth-order valence-electron chi connectivity index (χ4n) is 2.26. The van der Waals surface area contributed by atoms with Crippen molar-refractivity contribution in [3.8, 4) is 6.07 Å². The number of aliphatic hydroxyl groups excluding tert-OH is 1. The number of sulfonamides is 1. The van der Waals surface area contributed by atoms with Gasteiger partial charge < -0.3 is 21.5 Å². The molecule has 2 rings (SSSR count). The Hall–Kier alpha value is -2.78. The minimum atomic E-state index is -3.75. The van der Waals surface area contributed by atoms with E-state index in [0.717, 1.165) is 12.8 Å². The molecule has 29 heavy (non-hydrogen) atoms. The van der Waals surface area contributed by atoms with Crippen LogP contribution in [0.25, 0.3) is 0 Å². The van der Waals surface area contributed by atoms with Gasteiger partial charge in [0.1, 0.15) is 17.5 Å². The Balaban J connectivity index is 2.09. The Morgan fingerprint density at radius 3 is 2.66 bits per heavy atom. The molecule has 11 heteroatoms. The van der Waals surface area contributed by atoms with Gasteiger partial charge in [-0.3, -0.25) is 0 Å². The topological polar surface area (TPSA) is 166 Å². The van der Waals surface area contributed by atoms with E-state index in [2.05, 4.69) is 32.2 Å². The summed E-state index contributed by atoms with van der Waals surface area (Å²) in [6.07, 6.45) is 2.44. The number of aromatic nitrogens is 2. The van der Waals surface area contributed by atoms with Crippen molar-refractivity contribution in [2.24, 2.45) is 5.73 Å². The van der Waals surface area contributed by atoms with Gasteiger partial charge in [0.2, 0.25) is 16.0 Å². The van der Waals surface area contributed by atoms with Crippen LogP contribution in [0.2, 0.25) is 0 Å². The lowest BCUT2D eigenvalue weighted by molar-refractivity contribution is 0.186. The summed E-state index contributed by atoms with van der Waals surface area (Å²) in [5, 5.41) is 24.7. The summed E-state index contributed by atoms with van der Waals surface area (Å²) in [7, 11) is -3.75. The number of nitrogens with zero attached hydrogens (tertiary/aromatic N) is 3. The van der Waals surface area contributed by atoms with E-state index < -0.39 is 16.1 Å². The molecule has 2 aromatic rings. The summed E-state index contributed by atoms with van der Waals surface area (Å²) in [5.74, 6) is 0.725. The van der Waals surface area contributed by atoms with Crippen LogP contribution in [0.15, 0.2) is 35.4 Å². The molecule has 10 nitrogen and oxygen atoms in total. The molecule has 0 aliphatic carbocycles. The van der Waals surface area contributed by atoms with Gasteiger partial charge in [-0.15, -0.1) is 0 Å². The summed E-state index contributed by atoms with van der Waals surface area (Å²) in [4.78, 5) is 8.47. The largest absolute Gasteiger partial charge is 0.390 e. The van der Waals surface area contributed by atoms with Gasteiger partial charge in [-0.2, -0.15) is 10.2 Å². The maximum atomic E-state index is 12.2. The third-order valence-electron chi connectivity index (χ3n) is 3.93. The Bertz CT molecular complexity index is 943. The summed E-state index contributed by atoms with van der Waals surface area (Å²) >= 11 is 0. The molecule has 0 radical (unpaired) electrons. The number of nitrogens with one attached hydrogen (secondary N) is 3. The molecule has 1 heterocycles. The van der Waals surface area contributed by atoms with Crippen LogP contribution >= 0.6 is 0 Å². The van der Waals surface area contributed by atoms with E-state index in [9.17, 15) is 18.8 Å². The highest BCUT2D eigenvalue weighted by Gasteiger charge is 2.15. The van der Waals surface area contributed by atoms with E-state index in [1.165, 1.54) is 18.3 Å². The molecule has 156 valence electrons. The number of benzene rings is 1. The van der Waals surface area contributed by atoms with E-state index in [0.29, 0.717) is 23.6 Å². The van der Waals surface area contributed by atoms with Gasteiger partial charge in [0.05, 0.1) is 17.2 Å². The molecular formula is C18H25N7O3S. The van der Waals surface area contributed by atoms with Crippen LogP contribution in [-0.4, -0.2) is 49.2 Å². The van der Waals surface area contributed by atoms with E-state index in [1.54, 1.807) is 12.1 Å². The Morgan fingerprint density at radius 2 is 2.03 bits per heavy atom. The number of aliphatic hydroxyl groups is 1. The molecule has 0 saturated heterocycles. The fourth-order valence-corrected chi connectivity index (χ4v) is 3.33. The van der Waals surface area contributed by atoms with Crippen molar-refractivity contribution >= 4 is 27.5 Å². The smallest absolute Gasteiger partial charge is 0.240 e. The molecule has 6 N–H and O–H groups in total. The average molecular weight is 420 g/mol. The van der Waals surface area contributed by atoms with E-state index in [1.807, 2.05) is 6.07 Å². The molecule has 0 fully saturated rings. The normalized spacial score (nSPS) is 12.2. The predicted octanol–water partition coefficient (Wildman–Crippen LogP) is 0.902. The van der Waals surface area contributed by atoms with E-state index >= 15 is 0 Å². The van der Waals surface area contributed by atoms with Crippen molar-refractivity contribution in [1.82, 2.24) is 14.7 Å². The molecule has 0 bridgehead atoms. The molecule has 0 amide bonds. The molecule has 0 aliphatic rings. The monoisotopic (exact) mass is 419 g/mol. The van der Waals surface area contributed by atoms with Crippen LogP contribution in [0.5, 0.6) is 0 Å². The maximum absolute atomic E-state index is 12.2. The van der Waals surface area contributed by atoms with Crippen molar-refractivity contribution in [2.75, 3.05) is 30.3 Å². The second kappa shape index (κ2) is 10.7. The van der Waals surface area contributed by atoms with Gasteiger partial charge in [-0.1, -0.05) is 13.3 Å². The molecule has 1 aromatic heterocycles. The molecule has 1 atom stereocenters. The standard InChI is InChI=1S/C18H25N7O3S/c1-2-3-8-21-17-13(9-19)11-22-18(25-17)24-14-4-6-16(7-5-14)29(27,28)23-12-15(26)10-20/h4-7,11,15,23,26H,2-3,8,10,12,20H2,1H3,(H2,21,22,24,25). The average Bonchev–Trinajstić information content (AvgIpc) is 2.73. The number of hydrogen-bond acceptors (Lipinski definition) is 9. The predicted molar refractivity (Wildman–Crippen MR) is 110 cm³/mol. The van der Waals surface area contributed by atoms with Gasteiger partial charge in [-0.05, 0) is 30.7 Å². The van der Waals surface area contributed by atoms with Crippen molar-refractivity contribution < 1.29 is 13.5 Å². The third kappa shape index (κ3) is 6.65. The second-order valence-corrected chi connectivity index (χ2v) is 8.01. The first-order valence-electron chi connectivity index (χ1n) is 9.15. The van der Waals surface area contributed by atoms with Crippen LogP contribution in [-0.2, 0) is 10.0 Å². The lowest BCUT2D eigenvalue weighted by Gasteiger charge is -2.11. The van der Waals surface area contributed by atoms with Crippen LogP contribution in [0.1, 0.15) is 25.3 Å². The van der Waals surface area contributed by atoms with Gasteiger partial charge in [0.25, 0.3) is 0 Å². The molecule has 0 saturated carbocycles. The SMILES string of the molecule is CCCCNc1nc(Nc2ccc(S(=O)(=O)NCC(O)CN)cc2)ncc1C#N. The quantitative estimate of drug-likeness (QED) is 0.332. The molecule has 0 spiro atoms. The Morgan fingerprint density at radius 1 is 1.31 bits per heavy atom. The van der Waals surface area contributed by atoms with Crippen LogP contribution in [0.4, 0.5) is 17.5 Å². The van der Waals surface area contributed by atoms with Crippen LogP contribution in [0, 0.1) is 11.3 Å². The molecule has 0 aliphatic heterocycles. The summed E-state index contributed by atoms with van der Waals surface area (Å²) in [6.45, 7) is 2.57. The number of unbranched alkanes of at least 4 members (excludes halogenated alkanes) is 1. The summed E-state index contributed by atoms with van der Waals surface area (Å²) in [6, 6.07) is 8.03. The van der Waals surface area contributed by atoms with Crippen LogP contribution < -0.4 is 21.1 Å². The van der Waals surface area contributed by atoms with E-state index in [4.69, 9.17) is 5.73 Å². The molecule has 1 aromatic carbocycles. The first kappa shape index (κ1) is 22.5. The summed E-state index contributed by atoms with van der Waals surface area (Å²) < 4.78 is 26.7. The molecule has 1 unspecified atom stereocenters. The molecular weight excluding hydrogens is 394 g/mol. The number of rotatable bonds is 11. The number of hydrogen-bond donors (Lipinski definition) is 5. The van der Waals surface area contributed by atoms with Gasteiger partial charge in [-0.25, -0.2) is 18.1 Å². The zero-order valence-corrected chi connectivity index (χ0v) is 16.9.